The molecule has 0 saturated heterocycles. The first-order valence-electron chi connectivity index (χ1n) is 5.07. The van der Waals surface area contributed by atoms with E-state index in [-0.39, 0.29) is 6.04 Å². The summed E-state index contributed by atoms with van der Waals surface area (Å²) in [5.74, 6) is 0. The van der Waals surface area contributed by atoms with Gasteiger partial charge in [-0.3, -0.25) is 5.21 Å². The Kier molecular flexibility index (Phi) is 3.57. The van der Waals surface area contributed by atoms with Gasteiger partial charge < -0.3 is 0 Å². The molecular weight excluding hydrogens is 257 g/mol. The predicted octanol–water partition coefficient (Wildman–Crippen LogP) is 4.24. The van der Waals surface area contributed by atoms with Crippen molar-refractivity contribution < 1.29 is 5.21 Å². The van der Waals surface area contributed by atoms with Crippen molar-refractivity contribution in [1.29, 1.82) is 0 Å². The van der Waals surface area contributed by atoms with Gasteiger partial charge in [-0.2, -0.15) is 0 Å². The van der Waals surface area contributed by atoms with E-state index in [9.17, 15) is 5.21 Å². The fraction of sp³-hybridized carbons (Fsp3) is 0.0769. The third-order valence-electron chi connectivity index (χ3n) is 2.52. The van der Waals surface area contributed by atoms with Gasteiger partial charge in [0.05, 0.1) is 16.1 Å². The smallest absolute Gasteiger partial charge is 0.102 e. The Morgan fingerprint density at radius 3 is 2.41 bits per heavy atom. The van der Waals surface area contributed by atoms with E-state index in [1.54, 1.807) is 18.2 Å². The molecule has 0 bridgehead atoms. The summed E-state index contributed by atoms with van der Waals surface area (Å²) in [6.45, 7) is 3.88. The van der Waals surface area contributed by atoms with Crippen molar-refractivity contribution in [3.05, 3.63) is 64.7 Å². The SMILES string of the molecule is C=C1C=CC=CC1N(O)c1c(Cl)cccc1Cl. The van der Waals surface area contributed by atoms with Crippen LogP contribution in [0.25, 0.3) is 0 Å². The number of nitrogens with zero attached hydrogens (tertiary/aromatic N) is 1. The zero-order valence-electron chi connectivity index (χ0n) is 8.98. The Balaban J connectivity index is 2.37. The van der Waals surface area contributed by atoms with Crippen molar-refractivity contribution in [2.24, 2.45) is 0 Å². The Labute approximate surface area is 110 Å². The lowest BCUT2D eigenvalue weighted by Crippen LogP contribution is -2.32. The number of allylic oxidation sites excluding steroid dienone is 2. The second kappa shape index (κ2) is 4.96. The molecule has 0 aliphatic heterocycles. The average Bonchev–Trinajstić information content (AvgIpc) is 2.29. The molecule has 2 nitrogen and oxygen atoms in total. The summed E-state index contributed by atoms with van der Waals surface area (Å²) in [4.78, 5) is 0. The van der Waals surface area contributed by atoms with Crippen LogP contribution in [0.4, 0.5) is 5.69 Å². The molecule has 1 aromatic carbocycles. The van der Waals surface area contributed by atoms with E-state index in [4.69, 9.17) is 23.2 Å². The van der Waals surface area contributed by atoms with Crippen LogP contribution in [0.1, 0.15) is 0 Å². The first-order chi connectivity index (χ1) is 8.11. The molecule has 88 valence electrons. The van der Waals surface area contributed by atoms with E-state index in [1.165, 1.54) is 0 Å². The molecule has 1 unspecified atom stereocenters. The van der Waals surface area contributed by atoms with Crippen molar-refractivity contribution in [2.45, 2.75) is 6.04 Å². The largest absolute Gasteiger partial charge is 0.287 e. The summed E-state index contributed by atoms with van der Waals surface area (Å²) in [5.41, 5.74) is 1.16. The van der Waals surface area contributed by atoms with Crippen LogP contribution in [0, 0.1) is 0 Å². The normalized spacial score (nSPS) is 18.5. The van der Waals surface area contributed by atoms with Crippen LogP contribution in [0.3, 0.4) is 0 Å². The molecule has 0 aromatic heterocycles. The predicted molar refractivity (Wildman–Crippen MR) is 71.9 cm³/mol. The van der Waals surface area contributed by atoms with Crippen LogP contribution in [0.2, 0.25) is 10.0 Å². The lowest BCUT2D eigenvalue weighted by atomic mass is 10.0. The fourth-order valence-corrected chi connectivity index (χ4v) is 2.23. The minimum Gasteiger partial charge on any atom is -0.287 e. The van der Waals surface area contributed by atoms with E-state index in [0.29, 0.717) is 15.7 Å². The van der Waals surface area contributed by atoms with Crippen LogP contribution >= 0.6 is 23.2 Å². The highest BCUT2D eigenvalue weighted by Gasteiger charge is 2.21. The Morgan fingerprint density at radius 1 is 1.18 bits per heavy atom. The van der Waals surface area contributed by atoms with E-state index >= 15 is 0 Å². The van der Waals surface area contributed by atoms with Crippen molar-refractivity contribution in [1.82, 2.24) is 0 Å². The summed E-state index contributed by atoms with van der Waals surface area (Å²) < 4.78 is 0. The van der Waals surface area contributed by atoms with Gasteiger partial charge in [0.15, 0.2) is 0 Å². The molecule has 0 spiro atoms. The number of hydroxylamine groups is 1. The molecular formula is C13H11Cl2NO. The van der Waals surface area contributed by atoms with E-state index in [0.717, 1.165) is 10.6 Å². The van der Waals surface area contributed by atoms with Gasteiger partial charge in [0, 0.05) is 0 Å². The van der Waals surface area contributed by atoms with Gasteiger partial charge in [-0.1, -0.05) is 60.2 Å². The maximum Gasteiger partial charge on any atom is 0.102 e. The molecule has 1 atom stereocenters. The van der Waals surface area contributed by atoms with Crippen LogP contribution in [0.5, 0.6) is 0 Å². The van der Waals surface area contributed by atoms with Gasteiger partial charge in [0.2, 0.25) is 0 Å². The molecule has 1 aromatic rings. The second-order valence-electron chi connectivity index (χ2n) is 3.68. The highest BCUT2D eigenvalue weighted by molar-refractivity contribution is 6.39. The minimum absolute atomic E-state index is 0.350. The second-order valence-corrected chi connectivity index (χ2v) is 4.49. The molecule has 1 N–H and O–H groups in total. The van der Waals surface area contributed by atoms with E-state index in [1.807, 2.05) is 24.3 Å². The van der Waals surface area contributed by atoms with E-state index < -0.39 is 0 Å². The van der Waals surface area contributed by atoms with E-state index in [2.05, 4.69) is 6.58 Å². The topological polar surface area (TPSA) is 23.5 Å². The van der Waals surface area contributed by atoms with Crippen molar-refractivity contribution in [2.75, 3.05) is 5.06 Å². The molecule has 0 amide bonds. The number of para-hydroxylation sites is 1. The third kappa shape index (κ3) is 2.39. The van der Waals surface area contributed by atoms with Crippen LogP contribution in [-0.2, 0) is 0 Å². The van der Waals surface area contributed by atoms with Gasteiger partial charge in [-0.05, 0) is 17.7 Å². The molecule has 0 saturated carbocycles. The third-order valence-corrected chi connectivity index (χ3v) is 3.13. The highest BCUT2D eigenvalue weighted by Crippen LogP contribution is 2.35. The van der Waals surface area contributed by atoms with Gasteiger partial charge in [0.1, 0.15) is 5.69 Å². The number of hydrogen-bond acceptors (Lipinski definition) is 2. The molecule has 17 heavy (non-hydrogen) atoms. The first kappa shape index (κ1) is 12.2. The zero-order valence-corrected chi connectivity index (χ0v) is 10.5. The molecule has 1 aliphatic carbocycles. The zero-order chi connectivity index (χ0) is 12.4. The Morgan fingerprint density at radius 2 is 1.82 bits per heavy atom. The summed E-state index contributed by atoms with van der Waals surface area (Å²) in [6.07, 6.45) is 7.36. The fourth-order valence-electron chi connectivity index (χ4n) is 1.66. The number of benzene rings is 1. The Bertz CT molecular complexity index is 488. The maximum absolute atomic E-state index is 10.2. The lowest BCUT2D eigenvalue weighted by Gasteiger charge is -2.28. The average molecular weight is 268 g/mol. The molecule has 1 aliphatic rings. The maximum atomic E-state index is 10.2. The van der Waals surface area contributed by atoms with Crippen molar-refractivity contribution in [3.63, 3.8) is 0 Å². The number of hydrogen-bond donors (Lipinski definition) is 1. The van der Waals surface area contributed by atoms with Crippen molar-refractivity contribution >= 4 is 28.9 Å². The van der Waals surface area contributed by atoms with Crippen LogP contribution in [0.15, 0.2) is 54.7 Å². The minimum atomic E-state index is -0.350. The first-order valence-corrected chi connectivity index (χ1v) is 5.82. The summed E-state index contributed by atoms with van der Waals surface area (Å²) in [6, 6.07) is 4.74. The summed E-state index contributed by atoms with van der Waals surface area (Å²) in [5, 5.41) is 12.0. The molecule has 2 rings (SSSR count). The van der Waals surface area contributed by atoms with Gasteiger partial charge in [-0.15, -0.1) is 0 Å². The molecule has 0 fully saturated rings. The standard InChI is InChI=1S/C13H11Cl2NO/c1-9-5-2-3-8-12(9)16(17)13-10(14)6-4-7-11(13)15/h2-8,12,17H,1H2. The molecule has 4 heteroatoms. The quantitative estimate of drug-likeness (QED) is 0.811. The van der Waals surface area contributed by atoms with Gasteiger partial charge >= 0.3 is 0 Å². The van der Waals surface area contributed by atoms with Gasteiger partial charge in [-0.25, -0.2) is 5.06 Å². The number of anilines is 1. The Hall–Kier alpha value is -1.22. The summed E-state index contributed by atoms with van der Waals surface area (Å²) >= 11 is 12.1. The van der Waals surface area contributed by atoms with Crippen molar-refractivity contribution in [3.8, 4) is 0 Å². The molecule has 0 radical (unpaired) electrons. The van der Waals surface area contributed by atoms with Crippen LogP contribution < -0.4 is 5.06 Å². The number of halogens is 2. The summed E-state index contributed by atoms with van der Waals surface area (Å²) in [7, 11) is 0. The molecule has 0 heterocycles. The van der Waals surface area contributed by atoms with Gasteiger partial charge in [0.25, 0.3) is 0 Å². The van der Waals surface area contributed by atoms with Crippen LogP contribution in [-0.4, -0.2) is 11.2 Å². The monoisotopic (exact) mass is 267 g/mol. The highest BCUT2D eigenvalue weighted by atomic mass is 35.5. The lowest BCUT2D eigenvalue weighted by molar-refractivity contribution is 0.244. The number of rotatable bonds is 2.